The number of unbranched alkanes of at least 4 members (excludes halogenated alkanes) is 1. The molecule has 0 unspecified atom stereocenters. The van der Waals surface area contributed by atoms with Gasteiger partial charge in [0.15, 0.2) is 0 Å². The lowest BCUT2D eigenvalue weighted by molar-refractivity contribution is 0.00578. The minimum atomic E-state index is -0.539. The van der Waals surface area contributed by atoms with Crippen LogP contribution in [-0.2, 0) is 33.7 Å². The van der Waals surface area contributed by atoms with Crippen LogP contribution in [0.5, 0.6) is 5.75 Å². The van der Waals surface area contributed by atoms with Gasteiger partial charge in [-0.25, -0.2) is 8.78 Å². The molecule has 1 saturated heterocycles. The molecular weight excluding hydrogens is 739 g/mol. The molecule has 2 N–H and O–H groups in total. The summed E-state index contributed by atoms with van der Waals surface area (Å²) in [5.74, 6) is -0.329. The fraction of sp³-hybridized carbons (Fsp3) is 0.489. The average Bonchev–Trinajstić information content (AvgIpc) is 3.61. The molecule has 1 aliphatic carbocycles. The highest BCUT2D eigenvalue weighted by Gasteiger charge is 2.52. The summed E-state index contributed by atoms with van der Waals surface area (Å²) in [6, 6.07) is 22.2. The van der Waals surface area contributed by atoms with Gasteiger partial charge >= 0.3 is 7.12 Å². The second-order valence-electron chi connectivity index (χ2n) is 16.3. The summed E-state index contributed by atoms with van der Waals surface area (Å²) in [4.78, 5) is 0. The number of methoxy groups -OCH3 is 2. The van der Waals surface area contributed by atoms with Gasteiger partial charge in [0.1, 0.15) is 17.4 Å². The van der Waals surface area contributed by atoms with E-state index in [1.165, 1.54) is 12.1 Å². The van der Waals surface area contributed by atoms with Crippen LogP contribution in [0.1, 0.15) is 77.3 Å². The fourth-order valence-corrected chi connectivity index (χ4v) is 8.07. The molecule has 0 amide bonds. The number of halogens is 2. The fourth-order valence-electron chi connectivity index (χ4n) is 8.07. The third kappa shape index (κ3) is 9.68. The van der Waals surface area contributed by atoms with Crippen molar-refractivity contribution in [2.24, 2.45) is 5.73 Å². The molecule has 6 rings (SSSR count). The Morgan fingerprint density at radius 2 is 1.10 bits per heavy atom. The van der Waals surface area contributed by atoms with E-state index in [0.717, 1.165) is 66.2 Å². The molecule has 312 valence electrons. The van der Waals surface area contributed by atoms with Crippen LogP contribution in [0.15, 0.2) is 72.8 Å². The second kappa shape index (κ2) is 19.6. The van der Waals surface area contributed by atoms with E-state index in [1.807, 2.05) is 6.07 Å². The Bertz CT molecular complexity index is 1940. The number of hydrogen-bond acceptors (Lipinski definition) is 8. The van der Waals surface area contributed by atoms with Crippen molar-refractivity contribution in [2.75, 3.05) is 67.0 Å². The highest BCUT2D eigenvalue weighted by Crippen LogP contribution is 2.55. The minimum absolute atomic E-state index is 0.191. The average molecular weight is 800 g/mol. The summed E-state index contributed by atoms with van der Waals surface area (Å²) in [6.07, 6.45) is 4.80. The zero-order valence-electron chi connectivity index (χ0n) is 35.1. The van der Waals surface area contributed by atoms with Crippen molar-refractivity contribution >= 4 is 12.6 Å². The smallest absolute Gasteiger partial charge is 0.494 e. The number of benzene rings is 4. The highest BCUT2D eigenvalue weighted by molar-refractivity contribution is 6.62. The molecular formula is C47H60BF2NO7. The summed E-state index contributed by atoms with van der Waals surface area (Å²) < 4.78 is 73.5. The van der Waals surface area contributed by atoms with E-state index in [9.17, 15) is 0 Å². The molecule has 0 atom stereocenters. The number of ether oxygens (including phenoxy) is 5. The molecule has 1 aliphatic heterocycles. The first-order valence-corrected chi connectivity index (χ1v) is 20.7. The van der Waals surface area contributed by atoms with Crippen molar-refractivity contribution in [1.82, 2.24) is 0 Å². The van der Waals surface area contributed by atoms with E-state index >= 15 is 8.78 Å². The van der Waals surface area contributed by atoms with Crippen molar-refractivity contribution in [3.8, 4) is 39.1 Å². The molecule has 0 aromatic heterocycles. The van der Waals surface area contributed by atoms with Gasteiger partial charge in [0.25, 0.3) is 0 Å². The lowest BCUT2D eigenvalue weighted by Gasteiger charge is -2.33. The maximum atomic E-state index is 16.3. The standard InChI is InChI=1S/C47H60BF2NO7/c1-45(2)46(3,4)58-48(57-45)35-14-18-38-37-17-13-34(40-32-43(49)39(31-44(40)50)33-11-15-36(16-12-33)56-24-8-7-21-51)29-41(37)47(42(38)30-35,19-9-22-54-27-25-52-5)20-10-23-55-28-26-53-6/h11-18,29-32H,7-10,19-28,51H2,1-6H3. The Hall–Kier alpha value is -3.68. The third-order valence-electron chi connectivity index (χ3n) is 12.0. The largest absolute Gasteiger partial charge is 0.494 e. The zero-order valence-corrected chi connectivity index (χ0v) is 35.1. The molecule has 4 aromatic carbocycles. The lowest BCUT2D eigenvalue weighted by atomic mass is 9.69. The van der Waals surface area contributed by atoms with Gasteiger partial charge in [0.05, 0.1) is 44.2 Å². The Morgan fingerprint density at radius 1 is 0.569 bits per heavy atom. The highest BCUT2D eigenvalue weighted by atomic mass is 19.1. The van der Waals surface area contributed by atoms with Gasteiger partial charge in [-0.2, -0.15) is 0 Å². The Morgan fingerprint density at radius 3 is 1.67 bits per heavy atom. The number of hydrogen-bond donors (Lipinski definition) is 1. The molecule has 0 bridgehead atoms. The van der Waals surface area contributed by atoms with Crippen molar-refractivity contribution in [3.63, 3.8) is 0 Å². The van der Waals surface area contributed by atoms with Gasteiger partial charge in [-0.3, -0.25) is 0 Å². The Labute approximate surface area is 343 Å². The monoisotopic (exact) mass is 799 g/mol. The van der Waals surface area contributed by atoms with Gasteiger partial charge in [0.2, 0.25) is 0 Å². The molecule has 8 nitrogen and oxygen atoms in total. The summed E-state index contributed by atoms with van der Waals surface area (Å²) in [5, 5.41) is 0. The maximum Gasteiger partial charge on any atom is 0.494 e. The van der Waals surface area contributed by atoms with E-state index in [0.29, 0.717) is 69.7 Å². The first-order valence-electron chi connectivity index (χ1n) is 20.7. The minimum Gasteiger partial charge on any atom is -0.494 e. The third-order valence-corrected chi connectivity index (χ3v) is 12.0. The maximum absolute atomic E-state index is 16.3. The van der Waals surface area contributed by atoms with Crippen LogP contribution in [0, 0.1) is 11.6 Å². The van der Waals surface area contributed by atoms with E-state index in [1.54, 1.807) is 38.5 Å². The van der Waals surface area contributed by atoms with Crippen LogP contribution in [0.2, 0.25) is 0 Å². The summed E-state index contributed by atoms with van der Waals surface area (Å²) in [6.45, 7) is 12.6. The number of rotatable bonds is 22. The van der Waals surface area contributed by atoms with Crippen molar-refractivity contribution < 1.29 is 41.8 Å². The summed E-state index contributed by atoms with van der Waals surface area (Å²) in [7, 11) is 2.79. The summed E-state index contributed by atoms with van der Waals surface area (Å²) in [5.41, 5.74) is 11.0. The van der Waals surface area contributed by atoms with Crippen LogP contribution in [0.25, 0.3) is 33.4 Å². The topological polar surface area (TPSA) is 90.6 Å². The van der Waals surface area contributed by atoms with E-state index in [2.05, 4.69) is 58.0 Å². The molecule has 1 heterocycles. The molecule has 0 spiro atoms. The van der Waals surface area contributed by atoms with E-state index < -0.39 is 35.4 Å². The molecule has 58 heavy (non-hydrogen) atoms. The zero-order chi connectivity index (χ0) is 41.3. The Balaban J connectivity index is 1.37. The normalized spacial score (nSPS) is 16.1. The van der Waals surface area contributed by atoms with Crippen LogP contribution in [0.4, 0.5) is 8.78 Å². The number of nitrogens with two attached hydrogens (primary N) is 1. The number of fused-ring (bicyclic) bond motifs is 3. The quantitative estimate of drug-likeness (QED) is 0.0624. The van der Waals surface area contributed by atoms with Crippen molar-refractivity contribution in [3.05, 3.63) is 95.6 Å². The van der Waals surface area contributed by atoms with Crippen LogP contribution >= 0.6 is 0 Å². The molecule has 0 radical (unpaired) electrons. The molecule has 2 aliphatic rings. The van der Waals surface area contributed by atoms with Gasteiger partial charge in [-0.05, 0) is 142 Å². The predicted octanol–water partition coefficient (Wildman–Crippen LogP) is 8.87. The first-order chi connectivity index (χ1) is 27.9. The van der Waals surface area contributed by atoms with Gasteiger partial charge in [-0.1, -0.05) is 42.5 Å². The Kier molecular flexibility index (Phi) is 14.8. The second-order valence-corrected chi connectivity index (χ2v) is 16.3. The molecule has 4 aromatic rings. The van der Waals surface area contributed by atoms with Gasteiger partial charge < -0.3 is 38.7 Å². The van der Waals surface area contributed by atoms with Crippen LogP contribution in [-0.4, -0.2) is 85.3 Å². The van der Waals surface area contributed by atoms with Gasteiger partial charge in [0, 0.05) is 44.0 Å². The summed E-state index contributed by atoms with van der Waals surface area (Å²) >= 11 is 0. The van der Waals surface area contributed by atoms with Crippen LogP contribution < -0.4 is 15.9 Å². The first kappa shape index (κ1) is 43.9. The van der Waals surface area contributed by atoms with E-state index in [-0.39, 0.29) is 11.1 Å². The van der Waals surface area contributed by atoms with Crippen molar-refractivity contribution in [1.29, 1.82) is 0 Å². The molecule has 0 saturated carbocycles. The van der Waals surface area contributed by atoms with Crippen molar-refractivity contribution in [2.45, 2.75) is 82.8 Å². The van der Waals surface area contributed by atoms with Gasteiger partial charge in [-0.15, -0.1) is 0 Å². The lowest BCUT2D eigenvalue weighted by Crippen LogP contribution is -2.41. The molecule has 11 heteroatoms. The SMILES string of the molecule is COCCOCCCC1(CCCOCCOC)c2cc(B3OC(C)(C)C(C)(C)O3)ccc2-c2ccc(-c3cc(F)c(-c4ccc(OCCCCN)cc4)cc3F)cc21. The molecule has 1 fully saturated rings. The predicted molar refractivity (Wildman–Crippen MR) is 227 cm³/mol. The van der Waals surface area contributed by atoms with Crippen LogP contribution in [0.3, 0.4) is 0 Å². The van der Waals surface area contributed by atoms with E-state index in [4.69, 9.17) is 38.7 Å².